The summed E-state index contributed by atoms with van der Waals surface area (Å²) < 4.78 is 0. The van der Waals surface area contributed by atoms with Gasteiger partial charge in [-0.25, -0.2) is 0 Å². The maximum Gasteiger partial charge on any atom is 0.234 e. The van der Waals surface area contributed by atoms with Gasteiger partial charge in [-0.2, -0.15) is 0 Å². The molecule has 118 valence electrons. The molecule has 0 radical (unpaired) electrons. The summed E-state index contributed by atoms with van der Waals surface area (Å²) in [5, 5.41) is 16.0. The summed E-state index contributed by atoms with van der Waals surface area (Å²) in [6.45, 7) is 3.93. The highest BCUT2D eigenvalue weighted by atomic mass is 16.6. The Balaban J connectivity index is 1.86. The fourth-order valence-electron chi connectivity index (χ4n) is 2.15. The van der Waals surface area contributed by atoms with Gasteiger partial charge in [0, 0.05) is 29.1 Å². The van der Waals surface area contributed by atoms with Gasteiger partial charge in [0.2, 0.25) is 17.9 Å². The summed E-state index contributed by atoms with van der Waals surface area (Å²) in [6, 6.07) is 5.94. The Hall–Kier alpha value is -2.44. The Morgan fingerprint density at radius 3 is 2.23 bits per heavy atom. The third-order valence-electron chi connectivity index (χ3n) is 3.39. The molecule has 1 fully saturated rings. The molecule has 1 aromatic carbocycles. The van der Waals surface area contributed by atoms with E-state index in [0.717, 1.165) is 0 Å². The lowest BCUT2D eigenvalue weighted by molar-refractivity contribution is -0.497. The van der Waals surface area contributed by atoms with Crippen LogP contribution in [-0.2, 0) is 9.59 Å². The van der Waals surface area contributed by atoms with Gasteiger partial charge >= 0.3 is 0 Å². The quantitative estimate of drug-likeness (QED) is 0.621. The van der Waals surface area contributed by atoms with Crippen molar-refractivity contribution in [1.82, 2.24) is 0 Å². The highest BCUT2D eigenvalue weighted by molar-refractivity contribution is 5.95. The number of amides is 2. The van der Waals surface area contributed by atoms with E-state index < -0.39 is 16.9 Å². The Labute approximate surface area is 128 Å². The summed E-state index contributed by atoms with van der Waals surface area (Å²) in [5.74, 6) is -0.649. The average molecular weight is 305 g/mol. The van der Waals surface area contributed by atoms with E-state index in [1.165, 1.54) is 0 Å². The Morgan fingerprint density at radius 2 is 1.77 bits per heavy atom. The second-order valence-corrected chi connectivity index (χ2v) is 5.91. The summed E-state index contributed by atoms with van der Waals surface area (Å²) in [4.78, 5) is 33.5. The molecule has 2 atom stereocenters. The molecule has 7 nitrogen and oxygen atoms in total. The first kappa shape index (κ1) is 15.9. The van der Waals surface area contributed by atoms with E-state index in [2.05, 4.69) is 10.6 Å². The molecule has 1 aliphatic carbocycles. The Kier molecular flexibility index (Phi) is 4.75. The summed E-state index contributed by atoms with van der Waals surface area (Å²) in [6.07, 6.45) is 0.741. The first-order valence-electron chi connectivity index (χ1n) is 7.21. The topological polar surface area (TPSA) is 101 Å². The molecule has 2 rings (SSSR count). The molecule has 7 heteroatoms. The van der Waals surface area contributed by atoms with Gasteiger partial charge in [-0.05, 0) is 30.2 Å². The van der Waals surface area contributed by atoms with Crippen molar-refractivity contribution in [2.45, 2.75) is 32.7 Å². The van der Waals surface area contributed by atoms with Gasteiger partial charge < -0.3 is 10.6 Å². The standard InChI is InChI=1S/C15H19N3O4/c1-9(2)7-14(19)16-10-3-5-11(6-4-10)17-15(20)12-8-13(12)18(21)22/h3-6,9,12-13H,7-8H2,1-2H3,(H,16,19)(H,17,20)/t12-,13+/m1/s1. The monoisotopic (exact) mass is 305 g/mol. The first-order valence-corrected chi connectivity index (χ1v) is 7.21. The van der Waals surface area contributed by atoms with Crippen LogP contribution >= 0.6 is 0 Å². The lowest BCUT2D eigenvalue weighted by Gasteiger charge is -2.08. The van der Waals surface area contributed by atoms with Gasteiger partial charge in [-0.3, -0.25) is 19.7 Å². The summed E-state index contributed by atoms with van der Waals surface area (Å²) >= 11 is 0. The Bertz CT molecular complexity index is 583. The number of anilines is 2. The van der Waals surface area contributed by atoms with Crippen molar-refractivity contribution in [2.24, 2.45) is 11.8 Å². The summed E-state index contributed by atoms with van der Waals surface area (Å²) in [7, 11) is 0. The molecule has 0 aromatic heterocycles. The maximum absolute atomic E-state index is 11.8. The molecule has 0 spiro atoms. The molecule has 1 aliphatic rings. The van der Waals surface area contributed by atoms with E-state index in [1.54, 1.807) is 24.3 Å². The van der Waals surface area contributed by atoms with Crippen LogP contribution in [-0.4, -0.2) is 22.8 Å². The van der Waals surface area contributed by atoms with Crippen molar-refractivity contribution in [3.63, 3.8) is 0 Å². The van der Waals surface area contributed by atoms with Crippen LogP contribution in [0.2, 0.25) is 0 Å². The van der Waals surface area contributed by atoms with Crippen LogP contribution in [0.25, 0.3) is 0 Å². The molecule has 2 amide bonds. The first-order chi connectivity index (χ1) is 10.4. The van der Waals surface area contributed by atoms with Crippen LogP contribution in [0.3, 0.4) is 0 Å². The molecule has 1 aromatic rings. The van der Waals surface area contributed by atoms with Crippen molar-refractivity contribution in [1.29, 1.82) is 0 Å². The van der Waals surface area contributed by atoms with Gasteiger partial charge in [0.1, 0.15) is 5.92 Å². The highest BCUT2D eigenvalue weighted by Gasteiger charge is 2.53. The maximum atomic E-state index is 11.8. The third-order valence-corrected chi connectivity index (χ3v) is 3.39. The van der Waals surface area contributed by atoms with E-state index in [9.17, 15) is 19.7 Å². The number of nitro groups is 1. The highest BCUT2D eigenvalue weighted by Crippen LogP contribution is 2.34. The SMILES string of the molecule is CC(C)CC(=O)Nc1ccc(NC(=O)[C@@H]2C[C@@H]2[N+](=O)[O-])cc1. The van der Waals surface area contributed by atoms with Crippen LogP contribution < -0.4 is 10.6 Å². The van der Waals surface area contributed by atoms with Gasteiger partial charge in [0.05, 0.1) is 0 Å². The second kappa shape index (κ2) is 6.55. The minimum absolute atomic E-state index is 0.0569. The number of hydrogen-bond acceptors (Lipinski definition) is 4. The van der Waals surface area contributed by atoms with Crippen LogP contribution in [0.1, 0.15) is 26.7 Å². The van der Waals surface area contributed by atoms with Gasteiger partial charge in [0.25, 0.3) is 0 Å². The predicted octanol–water partition coefficient (Wildman–Crippen LogP) is 2.27. The molecular weight excluding hydrogens is 286 g/mol. The molecule has 0 heterocycles. The molecule has 0 bridgehead atoms. The number of rotatable bonds is 6. The van der Waals surface area contributed by atoms with Gasteiger partial charge in [-0.1, -0.05) is 13.8 Å². The van der Waals surface area contributed by atoms with E-state index in [-0.39, 0.29) is 17.7 Å². The predicted molar refractivity (Wildman–Crippen MR) is 82.0 cm³/mol. The van der Waals surface area contributed by atoms with Gasteiger partial charge in [-0.15, -0.1) is 0 Å². The zero-order valence-corrected chi connectivity index (χ0v) is 12.5. The van der Waals surface area contributed by atoms with Gasteiger partial charge in [0.15, 0.2) is 0 Å². The summed E-state index contributed by atoms with van der Waals surface area (Å²) in [5.41, 5.74) is 1.21. The number of nitrogens with zero attached hydrogens (tertiary/aromatic N) is 1. The largest absolute Gasteiger partial charge is 0.326 e. The van der Waals surface area contributed by atoms with Crippen molar-refractivity contribution in [3.05, 3.63) is 34.4 Å². The molecule has 0 saturated heterocycles. The van der Waals surface area contributed by atoms with Crippen LogP contribution in [0.4, 0.5) is 11.4 Å². The third kappa shape index (κ3) is 4.28. The number of nitrogens with one attached hydrogen (secondary N) is 2. The number of carbonyl (C=O) groups excluding carboxylic acids is 2. The normalized spacial score (nSPS) is 19.6. The minimum Gasteiger partial charge on any atom is -0.326 e. The fraction of sp³-hybridized carbons (Fsp3) is 0.467. The average Bonchev–Trinajstić information content (AvgIpc) is 3.20. The number of benzene rings is 1. The molecule has 2 N–H and O–H groups in total. The second-order valence-electron chi connectivity index (χ2n) is 5.91. The van der Waals surface area contributed by atoms with Crippen molar-refractivity contribution in [2.75, 3.05) is 10.6 Å². The van der Waals surface area contributed by atoms with E-state index in [1.807, 2.05) is 13.8 Å². The smallest absolute Gasteiger partial charge is 0.234 e. The molecule has 0 aliphatic heterocycles. The Morgan fingerprint density at radius 1 is 1.23 bits per heavy atom. The number of carbonyl (C=O) groups is 2. The molecule has 1 saturated carbocycles. The van der Waals surface area contributed by atoms with E-state index in [4.69, 9.17) is 0 Å². The molecular formula is C15H19N3O4. The zero-order chi connectivity index (χ0) is 16.3. The van der Waals surface area contributed by atoms with Crippen LogP contribution in [0, 0.1) is 22.0 Å². The van der Waals surface area contributed by atoms with E-state index >= 15 is 0 Å². The van der Waals surface area contributed by atoms with Crippen LogP contribution in [0.15, 0.2) is 24.3 Å². The fourth-order valence-corrected chi connectivity index (χ4v) is 2.15. The zero-order valence-electron chi connectivity index (χ0n) is 12.5. The van der Waals surface area contributed by atoms with Crippen molar-refractivity contribution < 1.29 is 14.5 Å². The number of hydrogen-bond donors (Lipinski definition) is 2. The molecule has 0 unspecified atom stereocenters. The lowest BCUT2D eigenvalue weighted by atomic mass is 10.1. The minimum atomic E-state index is -0.755. The van der Waals surface area contributed by atoms with E-state index in [0.29, 0.717) is 24.2 Å². The lowest BCUT2D eigenvalue weighted by Crippen LogP contribution is -2.18. The van der Waals surface area contributed by atoms with Crippen LogP contribution in [0.5, 0.6) is 0 Å². The van der Waals surface area contributed by atoms with Crippen molar-refractivity contribution >= 4 is 23.2 Å². The van der Waals surface area contributed by atoms with Crippen molar-refractivity contribution in [3.8, 4) is 0 Å². The molecule has 22 heavy (non-hydrogen) atoms.